The highest BCUT2D eigenvalue weighted by Crippen LogP contribution is 2.50. The molecule has 2 atom stereocenters. The molecule has 0 spiro atoms. The lowest BCUT2D eigenvalue weighted by atomic mass is 9.74. The van der Waals surface area contributed by atoms with Crippen LogP contribution in [0.5, 0.6) is 0 Å². The van der Waals surface area contributed by atoms with E-state index in [1.807, 2.05) is 6.07 Å². The molecule has 3 rings (SSSR count). The first-order chi connectivity index (χ1) is 8.16. The Kier molecular flexibility index (Phi) is 3.12. The van der Waals surface area contributed by atoms with E-state index in [1.54, 1.807) is 0 Å². The molecular weight excluding hydrogens is 295 g/mol. The van der Waals surface area contributed by atoms with Gasteiger partial charge in [-0.15, -0.1) is 22.9 Å². The topological polar surface area (TPSA) is 0 Å². The maximum Gasteiger partial charge on any atom is 0.0991 e. The lowest BCUT2D eigenvalue weighted by Gasteiger charge is -2.33. The maximum absolute atomic E-state index is 6.52. The van der Waals surface area contributed by atoms with Crippen molar-refractivity contribution in [3.63, 3.8) is 0 Å². The molecule has 0 N–H and O–H groups in total. The lowest BCUT2D eigenvalue weighted by molar-refractivity contribution is 0.588. The van der Waals surface area contributed by atoms with Crippen molar-refractivity contribution in [3.8, 4) is 0 Å². The van der Waals surface area contributed by atoms with E-state index in [-0.39, 0.29) is 5.38 Å². The van der Waals surface area contributed by atoms with Gasteiger partial charge >= 0.3 is 0 Å². The van der Waals surface area contributed by atoms with E-state index in [2.05, 4.69) is 24.3 Å². The number of thiophene rings is 1. The van der Waals surface area contributed by atoms with Crippen molar-refractivity contribution in [1.82, 2.24) is 0 Å². The molecule has 0 amide bonds. The molecule has 0 saturated carbocycles. The van der Waals surface area contributed by atoms with Crippen molar-refractivity contribution in [3.05, 3.63) is 55.7 Å². The number of hydrogen-bond acceptors (Lipinski definition) is 1. The fourth-order valence-electron chi connectivity index (χ4n) is 2.32. The summed E-state index contributed by atoms with van der Waals surface area (Å²) in [7, 11) is 0. The highest BCUT2D eigenvalue weighted by molar-refractivity contribution is 7.20. The summed E-state index contributed by atoms with van der Waals surface area (Å²) in [6, 6.07) is 10.3. The summed E-state index contributed by atoms with van der Waals surface area (Å²) in [5.74, 6) is 0.357. The quantitative estimate of drug-likeness (QED) is 0.627. The fraction of sp³-hybridized carbons (Fsp3) is 0.231. The van der Waals surface area contributed by atoms with Crippen LogP contribution in [0.2, 0.25) is 8.67 Å². The minimum Gasteiger partial charge on any atom is -0.117 e. The van der Waals surface area contributed by atoms with Gasteiger partial charge in [0.1, 0.15) is 0 Å². The molecule has 88 valence electrons. The average molecular weight is 304 g/mol. The monoisotopic (exact) mass is 302 g/mol. The number of hydrogen-bond donors (Lipinski definition) is 0. The van der Waals surface area contributed by atoms with Crippen molar-refractivity contribution in [2.45, 2.75) is 17.7 Å². The second-order valence-corrected chi connectivity index (χ2v) is 6.95. The van der Waals surface area contributed by atoms with Crippen LogP contribution in [0.4, 0.5) is 0 Å². The summed E-state index contributed by atoms with van der Waals surface area (Å²) >= 11 is 20.0. The van der Waals surface area contributed by atoms with Gasteiger partial charge < -0.3 is 0 Å². The van der Waals surface area contributed by atoms with E-state index >= 15 is 0 Å². The van der Waals surface area contributed by atoms with E-state index in [1.165, 1.54) is 22.5 Å². The van der Waals surface area contributed by atoms with E-state index in [0.717, 1.165) is 12.0 Å². The molecule has 1 aromatic heterocycles. The van der Waals surface area contributed by atoms with E-state index in [0.29, 0.717) is 14.6 Å². The van der Waals surface area contributed by atoms with Gasteiger partial charge in [-0.25, -0.2) is 0 Å². The van der Waals surface area contributed by atoms with Gasteiger partial charge in [0.25, 0.3) is 0 Å². The summed E-state index contributed by atoms with van der Waals surface area (Å²) < 4.78 is 1.41. The summed E-state index contributed by atoms with van der Waals surface area (Å²) in [5, 5.41) is -0.0823. The number of rotatable bonds is 2. The molecule has 1 aliphatic rings. The van der Waals surface area contributed by atoms with Crippen molar-refractivity contribution in [2.75, 3.05) is 0 Å². The summed E-state index contributed by atoms with van der Waals surface area (Å²) in [5.41, 5.74) is 3.69. The molecule has 1 aromatic carbocycles. The second-order valence-electron chi connectivity index (χ2n) is 4.19. The third-order valence-corrected chi connectivity index (χ3v) is 5.29. The van der Waals surface area contributed by atoms with E-state index < -0.39 is 0 Å². The van der Waals surface area contributed by atoms with Crippen molar-refractivity contribution < 1.29 is 0 Å². The Morgan fingerprint density at radius 2 is 2.00 bits per heavy atom. The van der Waals surface area contributed by atoms with Crippen LogP contribution in [-0.2, 0) is 6.42 Å². The standard InChI is InChI=1S/C13H9Cl3S/c14-11-6-10(13(16)17-11)12(15)9-5-7-3-1-2-4-8(7)9/h1-4,6,9,12H,5H2. The van der Waals surface area contributed by atoms with E-state index in [9.17, 15) is 0 Å². The third-order valence-electron chi connectivity index (χ3n) is 3.23. The highest BCUT2D eigenvalue weighted by Gasteiger charge is 2.34. The summed E-state index contributed by atoms with van der Waals surface area (Å²) in [6.07, 6.45) is 1.02. The van der Waals surface area contributed by atoms with E-state index in [4.69, 9.17) is 34.8 Å². The van der Waals surface area contributed by atoms with Crippen LogP contribution in [0, 0.1) is 0 Å². The zero-order valence-electron chi connectivity index (χ0n) is 8.79. The minimum absolute atomic E-state index is 0.0823. The first kappa shape index (κ1) is 11.9. The molecule has 17 heavy (non-hydrogen) atoms. The van der Waals surface area contributed by atoms with Crippen LogP contribution in [-0.4, -0.2) is 0 Å². The largest absolute Gasteiger partial charge is 0.117 e. The van der Waals surface area contributed by atoms with Crippen LogP contribution >= 0.6 is 46.1 Å². The fourth-order valence-corrected chi connectivity index (χ4v) is 4.38. The molecule has 1 heterocycles. The van der Waals surface area contributed by atoms with Crippen LogP contribution in [0.1, 0.15) is 28.0 Å². The van der Waals surface area contributed by atoms with Gasteiger partial charge in [0.05, 0.1) is 14.0 Å². The maximum atomic E-state index is 6.52. The zero-order chi connectivity index (χ0) is 12.0. The number of fused-ring (bicyclic) bond motifs is 1. The Hall–Kier alpha value is -0.210. The first-order valence-electron chi connectivity index (χ1n) is 5.33. The van der Waals surface area contributed by atoms with Gasteiger partial charge in [0.2, 0.25) is 0 Å². The average Bonchev–Trinajstić information content (AvgIpc) is 2.59. The van der Waals surface area contributed by atoms with Crippen LogP contribution in [0.3, 0.4) is 0 Å². The van der Waals surface area contributed by atoms with Crippen molar-refractivity contribution in [2.24, 2.45) is 0 Å². The molecule has 0 radical (unpaired) electrons. The molecule has 0 bridgehead atoms. The highest BCUT2D eigenvalue weighted by atomic mass is 35.5. The predicted molar refractivity (Wildman–Crippen MR) is 75.8 cm³/mol. The van der Waals surface area contributed by atoms with Gasteiger partial charge in [-0.2, -0.15) is 0 Å². The smallest absolute Gasteiger partial charge is 0.0991 e. The molecule has 2 unspecified atom stereocenters. The van der Waals surface area contributed by atoms with Crippen LogP contribution in [0.15, 0.2) is 30.3 Å². The van der Waals surface area contributed by atoms with Gasteiger partial charge in [-0.3, -0.25) is 0 Å². The lowest BCUT2D eigenvalue weighted by Crippen LogP contribution is -2.20. The Morgan fingerprint density at radius 1 is 1.24 bits per heavy atom. The van der Waals surface area contributed by atoms with Gasteiger partial charge in [-0.1, -0.05) is 47.5 Å². The van der Waals surface area contributed by atoms with Crippen LogP contribution < -0.4 is 0 Å². The molecule has 1 aliphatic carbocycles. The summed E-state index contributed by atoms with van der Waals surface area (Å²) in [4.78, 5) is 0. The number of alkyl halides is 1. The molecule has 0 aliphatic heterocycles. The summed E-state index contributed by atoms with van der Waals surface area (Å²) in [6.45, 7) is 0. The number of benzene rings is 1. The first-order valence-corrected chi connectivity index (χ1v) is 7.34. The molecule has 0 fully saturated rings. The molecule has 4 heteroatoms. The van der Waals surface area contributed by atoms with Gasteiger partial charge in [-0.05, 0) is 23.6 Å². The predicted octanol–water partition coefficient (Wildman–Crippen LogP) is 5.67. The molecule has 0 saturated heterocycles. The van der Waals surface area contributed by atoms with Crippen LogP contribution in [0.25, 0.3) is 0 Å². The second kappa shape index (κ2) is 4.47. The Morgan fingerprint density at radius 3 is 2.65 bits per heavy atom. The number of halogens is 3. The normalized spacial score (nSPS) is 19.6. The van der Waals surface area contributed by atoms with Crippen molar-refractivity contribution in [1.29, 1.82) is 0 Å². The zero-order valence-corrected chi connectivity index (χ0v) is 11.9. The molecular formula is C13H9Cl3S. The SMILES string of the molecule is Clc1cc(C(Cl)C2Cc3ccccc32)c(Cl)s1. The molecule has 0 nitrogen and oxygen atoms in total. The Bertz CT molecular complexity index is 562. The molecule has 2 aromatic rings. The Labute approximate surface area is 119 Å². The van der Waals surface area contributed by atoms with Crippen molar-refractivity contribution >= 4 is 46.1 Å². The van der Waals surface area contributed by atoms with Gasteiger partial charge in [0.15, 0.2) is 0 Å². The third kappa shape index (κ3) is 2.00. The Balaban J connectivity index is 1.91. The minimum atomic E-state index is -0.0823. The van der Waals surface area contributed by atoms with Gasteiger partial charge in [0, 0.05) is 11.5 Å².